The van der Waals surface area contributed by atoms with Gasteiger partial charge in [0.15, 0.2) is 17.6 Å². The number of aromatic nitrogens is 4. The highest BCUT2D eigenvalue weighted by molar-refractivity contribution is 7.22. The minimum Gasteiger partial charge on any atom is -0.484 e. The molecule has 0 saturated heterocycles. The smallest absolute Gasteiger partial charge is 0.411 e. The summed E-state index contributed by atoms with van der Waals surface area (Å²) in [7, 11) is 1.56. The molecule has 0 fully saturated rings. The fourth-order valence-corrected chi connectivity index (χ4v) is 5.46. The van der Waals surface area contributed by atoms with Crippen molar-refractivity contribution in [1.29, 1.82) is 0 Å². The summed E-state index contributed by atoms with van der Waals surface area (Å²) >= 11 is 1.49. The summed E-state index contributed by atoms with van der Waals surface area (Å²) < 4.78 is 36.8. The number of methoxy groups -OCH3 is 1. The molecule has 1 atom stereocenters. The van der Waals surface area contributed by atoms with Gasteiger partial charge >= 0.3 is 6.09 Å². The zero-order valence-electron chi connectivity index (χ0n) is 21.1. The molecule has 1 aliphatic rings. The molecule has 39 heavy (non-hydrogen) atoms. The Labute approximate surface area is 225 Å². The first-order valence-corrected chi connectivity index (χ1v) is 12.8. The molecule has 10 nitrogen and oxygen atoms in total. The Morgan fingerprint density at radius 2 is 2.05 bits per heavy atom. The molecule has 4 heterocycles. The number of anilines is 1. The Morgan fingerprint density at radius 1 is 1.18 bits per heavy atom. The number of pyridine rings is 1. The third-order valence-electron chi connectivity index (χ3n) is 6.07. The molecule has 0 saturated carbocycles. The van der Waals surface area contributed by atoms with Crippen molar-refractivity contribution in [1.82, 2.24) is 19.9 Å². The fraction of sp³-hybridized carbons (Fsp3) is 0.222. The number of carbonyl (C=O) groups is 1. The van der Waals surface area contributed by atoms with E-state index in [0.29, 0.717) is 17.4 Å². The highest BCUT2D eigenvalue weighted by Crippen LogP contribution is 2.46. The summed E-state index contributed by atoms with van der Waals surface area (Å²) in [5.41, 5.74) is 5.32. The summed E-state index contributed by atoms with van der Waals surface area (Å²) in [6.45, 7) is 4.07. The number of benzene rings is 2. The van der Waals surface area contributed by atoms with Crippen LogP contribution in [0, 0.1) is 19.8 Å². The molecule has 1 N–H and O–H groups in total. The summed E-state index contributed by atoms with van der Waals surface area (Å²) in [5, 5.41) is 3.24. The molecule has 2 aromatic carbocycles. The predicted octanol–water partition coefficient (Wildman–Crippen LogP) is 5.45. The Kier molecular flexibility index (Phi) is 6.31. The van der Waals surface area contributed by atoms with E-state index in [1.807, 2.05) is 32.0 Å². The van der Waals surface area contributed by atoms with E-state index in [1.54, 1.807) is 13.3 Å². The van der Waals surface area contributed by atoms with Gasteiger partial charge in [-0.25, -0.2) is 24.7 Å². The monoisotopic (exact) mass is 547 g/mol. The van der Waals surface area contributed by atoms with E-state index in [9.17, 15) is 9.18 Å². The lowest BCUT2D eigenvalue weighted by Gasteiger charge is -2.26. The minimum atomic E-state index is -0.736. The van der Waals surface area contributed by atoms with Crippen molar-refractivity contribution in [3.05, 3.63) is 59.8 Å². The van der Waals surface area contributed by atoms with Crippen LogP contribution in [-0.2, 0) is 4.74 Å². The van der Waals surface area contributed by atoms with Gasteiger partial charge in [-0.3, -0.25) is 5.32 Å². The van der Waals surface area contributed by atoms with Gasteiger partial charge in [0.25, 0.3) is 0 Å². The van der Waals surface area contributed by atoms with E-state index >= 15 is 0 Å². The topological polar surface area (TPSA) is 118 Å². The van der Waals surface area contributed by atoms with Crippen molar-refractivity contribution in [2.75, 3.05) is 25.6 Å². The highest BCUT2D eigenvalue weighted by atomic mass is 32.1. The molecule has 3 aromatic heterocycles. The van der Waals surface area contributed by atoms with Gasteiger partial charge in [0.2, 0.25) is 11.8 Å². The van der Waals surface area contributed by atoms with Gasteiger partial charge < -0.3 is 18.9 Å². The second-order valence-corrected chi connectivity index (χ2v) is 9.95. The average Bonchev–Trinajstić information content (AvgIpc) is 3.37. The molecule has 0 aliphatic carbocycles. The lowest BCUT2D eigenvalue weighted by molar-refractivity contribution is 0.0383. The van der Waals surface area contributed by atoms with Gasteiger partial charge in [-0.15, -0.1) is 11.3 Å². The van der Waals surface area contributed by atoms with E-state index in [-0.39, 0.29) is 18.9 Å². The van der Waals surface area contributed by atoms with Gasteiger partial charge in [0, 0.05) is 17.8 Å². The fourth-order valence-electron chi connectivity index (χ4n) is 4.31. The summed E-state index contributed by atoms with van der Waals surface area (Å²) in [6, 6.07) is 8.42. The molecule has 1 amide bonds. The maximum Gasteiger partial charge on any atom is 0.411 e. The van der Waals surface area contributed by atoms with Gasteiger partial charge in [0.1, 0.15) is 22.9 Å². The van der Waals surface area contributed by atoms with Crippen LogP contribution in [0.15, 0.2) is 42.7 Å². The maximum absolute atomic E-state index is 13.2. The third kappa shape index (κ3) is 4.86. The van der Waals surface area contributed by atoms with Gasteiger partial charge in [-0.2, -0.15) is 4.39 Å². The van der Waals surface area contributed by atoms with E-state index in [2.05, 4.69) is 20.3 Å². The van der Waals surface area contributed by atoms with Crippen molar-refractivity contribution < 1.29 is 28.1 Å². The Balaban J connectivity index is 1.24. The molecule has 0 spiro atoms. The highest BCUT2D eigenvalue weighted by Gasteiger charge is 2.27. The summed E-state index contributed by atoms with van der Waals surface area (Å²) in [4.78, 5) is 29.6. The van der Waals surface area contributed by atoms with E-state index in [4.69, 9.17) is 23.9 Å². The van der Waals surface area contributed by atoms with Crippen LogP contribution in [0.25, 0.3) is 31.8 Å². The number of carbonyl (C=O) groups excluding carboxylic acids is 1. The Bertz CT molecular complexity index is 1740. The third-order valence-corrected chi connectivity index (χ3v) is 7.15. The normalized spacial score (nSPS) is 14.4. The minimum absolute atomic E-state index is 0.0543. The van der Waals surface area contributed by atoms with Crippen molar-refractivity contribution in [3.8, 4) is 28.0 Å². The maximum atomic E-state index is 13.2. The second-order valence-electron chi connectivity index (χ2n) is 8.95. The molecule has 12 heteroatoms. The van der Waals surface area contributed by atoms with Crippen LogP contribution in [0.2, 0.25) is 0 Å². The number of hydrogen-bond acceptors (Lipinski definition) is 10. The standard InChI is InChI=1S/C27H22FN5O5S/c1-13-6-17(23-18(7-13)32-21(35-3)10-30-23)26-33-22-14(2)8-19-24(25(22)39-26)36-11-16(38-19)12-37-27(34)31-15-4-5-29-20(28)9-15/h4-10,16H,11-12H2,1-3H3,(H,29,31,34). The number of rotatable bonds is 5. The van der Waals surface area contributed by atoms with Gasteiger partial charge in [0.05, 0.1) is 35.5 Å². The number of thiazole rings is 1. The first kappa shape index (κ1) is 24.7. The molecule has 0 radical (unpaired) electrons. The number of hydrogen-bond donors (Lipinski definition) is 1. The molecule has 0 bridgehead atoms. The van der Waals surface area contributed by atoms with Crippen LogP contribution in [0.4, 0.5) is 14.9 Å². The molecule has 6 rings (SSSR count). The zero-order valence-corrected chi connectivity index (χ0v) is 22.0. The number of aryl methyl sites for hydroxylation is 2. The van der Waals surface area contributed by atoms with Crippen LogP contribution in [0.5, 0.6) is 17.4 Å². The van der Waals surface area contributed by atoms with E-state index in [0.717, 1.165) is 49.0 Å². The lowest BCUT2D eigenvalue weighted by Crippen LogP contribution is -2.35. The molecule has 1 aliphatic heterocycles. The average molecular weight is 548 g/mol. The molecular weight excluding hydrogens is 525 g/mol. The summed E-state index contributed by atoms with van der Waals surface area (Å²) in [5.74, 6) is 0.883. The van der Waals surface area contributed by atoms with Crippen LogP contribution in [-0.4, -0.2) is 52.5 Å². The lowest BCUT2D eigenvalue weighted by atomic mass is 10.1. The number of nitrogens with zero attached hydrogens (tertiary/aromatic N) is 4. The zero-order chi connectivity index (χ0) is 27.1. The van der Waals surface area contributed by atoms with Crippen molar-refractivity contribution in [2.45, 2.75) is 20.0 Å². The van der Waals surface area contributed by atoms with Crippen LogP contribution < -0.4 is 19.5 Å². The first-order chi connectivity index (χ1) is 18.9. The molecular formula is C27H22FN5O5S. The number of halogens is 1. The quantitative estimate of drug-likeness (QED) is 0.286. The number of nitrogens with one attached hydrogen (secondary N) is 1. The van der Waals surface area contributed by atoms with Crippen molar-refractivity contribution in [3.63, 3.8) is 0 Å². The number of fused-ring (bicyclic) bond motifs is 4. The largest absolute Gasteiger partial charge is 0.484 e. The van der Waals surface area contributed by atoms with Crippen LogP contribution >= 0.6 is 11.3 Å². The van der Waals surface area contributed by atoms with Crippen LogP contribution in [0.1, 0.15) is 11.1 Å². The van der Waals surface area contributed by atoms with E-state index < -0.39 is 18.1 Å². The van der Waals surface area contributed by atoms with Crippen molar-refractivity contribution >= 4 is 44.4 Å². The Morgan fingerprint density at radius 3 is 2.87 bits per heavy atom. The van der Waals surface area contributed by atoms with Gasteiger partial charge in [-0.1, -0.05) is 0 Å². The number of ether oxygens (including phenoxy) is 4. The van der Waals surface area contributed by atoms with Crippen LogP contribution in [0.3, 0.4) is 0 Å². The molecule has 5 aromatic rings. The Hall–Kier alpha value is -4.58. The molecule has 198 valence electrons. The summed E-state index contributed by atoms with van der Waals surface area (Å²) in [6.07, 6.45) is 1.59. The second kappa shape index (κ2) is 9.95. The predicted molar refractivity (Wildman–Crippen MR) is 143 cm³/mol. The van der Waals surface area contributed by atoms with Crippen molar-refractivity contribution in [2.24, 2.45) is 0 Å². The van der Waals surface area contributed by atoms with E-state index in [1.165, 1.54) is 23.6 Å². The number of amides is 1. The SMILES string of the molecule is COc1cnc2c(-c3nc4c(C)cc5c(c4s3)OCC(COC(=O)Nc3ccnc(F)c3)O5)cc(C)cc2n1. The van der Waals surface area contributed by atoms with Gasteiger partial charge in [-0.05, 0) is 49.2 Å². The first-order valence-electron chi connectivity index (χ1n) is 12.0. The molecule has 1 unspecified atom stereocenters.